The van der Waals surface area contributed by atoms with Crippen molar-refractivity contribution in [3.8, 4) is 16.9 Å². The molecule has 4 heteroatoms. The summed E-state index contributed by atoms with van der Waals surface area (Å²) in [7, 11) is 0. The van der Waals surface area contributed by atoms with Crippen LogP contribution < -0.4 is 0 Å². The molecule has 1 heterocycles. The van der Waals surface area contributed by atoms with Crippen LogP contribution in [-0.4, -0.2) is 14.8 Å². The number of thioether (sulfide) groups is 1. The highest BCUT2D eigenvalue weighted by Crippen LogP contribution is 2.31. The van der Waals surface area contributed by atoms with Crippen molar-refractivity contribution in [1.29, 1.82) is 0 Å². The van der Waals surface area contributed by atoms with Gasteiger partial charge in [0.05, 0.1) is 11.9 Å². The Kier molecular flexibility index (Phi) is 4.29. The zero-order valence-corrected chi connectivity index (χ0v) is 13.3. The van der Waals surface area contributed by atoms with Crippen molar-refractivity contribution in [2.45, 2.75) is 24.3 Å². The van der Waals surface area contributed by atoms with Crippen LogP contribution in [-0.2, 0) is 0 Å². The fraction of sp³-hybridized carbons (Fsp3) is 0.167. The third-order valence-corrected chi connectivity index (χ3v) is 4.20. The van der Waals surface area contributed by atoms with E-state index in [-0.39, 0.29) is 5.82 Å². The predicted molar refractivity (Wildman–Crippen MR) is 90.0 cm³/mol. The first kappa shape index (κ1) is 14.9. The van der Waals surface area contributed by atoms with Crippen LogP contribution in [0.25, 0.3) is 16.9 Å². The van der Waals surface area contributed by atoms with Crippen molar-refractivity contribution < 1.29 is 4.39 Å². The standard InChI is InChI=1S/C18H17FN2S/c1-13(2)22-18-20-12-17(14-6-4-3-5-7-14)21(18)16-10-8-15(19)9-11-16/h3-13H,1-2H3. The Balaban J connectivity index is 2.15. The quantitative estimate of drug-likeness (QED) is 0.618. The first-order valence-corrected chi connectivity index (χ1v) is 8.09. The number of aromatic nitrogens is 2. The van der Waals surface area contributed by atoms with Gasteiger partial charge in [0, 0.05) is 16.5 Å². The fourth-order valence-electron chi connectivity index (χ4n) is 2.28. The second kappa shape index (κ2) is 6.36. The smallest absolute Gasteiger partial charge is 0.173 e. The SMILES string of the molecule is CC(C)Sc1ncc(-c2ccccc2)n1-c1ccc(F)cc1. The van der Waals surface area contributed by atoms with Crippen molar-refractivity contribution in [1.82, 2.24) is 9.55 Å². The maximum absolute atomic E-state index is 13.2. The number of benzene rings is 2. The van der Waals surface area contributed by atoms with Crippen LogP contribution in [0.3, 0.4) is 0 Å². The average Bonchev–Trinajstić information content (AvgIpc) is 2.92. The normalized spacial score (nSPS) is 11.1. The lowest BCUT2D eigenvalue weighted by atomic mass is 10.1. The molecule has 3 aromatic rings. The Hall–Kier alpha value is -2.07. The van der Waals surface area contributed by atoms with Crippen LogP contribution in [0, 0.1) is 5.82 Å². The zero-order chi connectivity index (χ0) is 15.5. The maximum Gasteiger partial charge on any atom is 0.173 e. The van der Waals surface area contributed by atoms with E-state index < -0.39 is 0 Å². The summed E-state index contributed by atoms with van der Waals surface area (Å²) in [5.74, 6) is -0.233. The molecule has 0 aliphatic carbocycles. The van der Waals surface area contributed by atoms with E-state index in [9.17, 15) is 4.39 Å². The van der Waals surface area contributed by atoms with Crippen molar-refractivity contribution in [2.75, 3.05) is 0 Å². The summed E-state index contributed by atoms with van der Waals surface area (Å²) in [6, 6.07) is 16.6. The van der Waals surface area contributed by atoms with E-state index in [0.717, 1.165) is 22.1 Å². The van der Waals surface area contributed by atoms with Gasteiger partial charge in [-0.05, 0) is 24.3 Å². The summed E-state index contributed by atoms with van der Waals surface area (Å²) in [6.07, 6.45) is 1.88. The number of imidazole rings is 1. The molecule has 22 heavy (non-hydrogen) atoms. The summed E-state index contributed by atoms with van der Waals surface area (Å²) in [5.41, 5.74) is 3.02. The summed E-state index contributed by atoms with van der Waals surface area (Å²) >= 11 is 1.70. The van der Waals surface area contributed by atoms with Crippen LogP contribution in [0.2, 0.25) is 0 Å². The summed E-state index contributed by atoms with van der Waals surface area (Å²) < 4.78 is 15.3. The molecule has 0 aliphatic heterocycles. The molecule has 0 amide bonds. The van der Waals surface area contributed by atoms with Crippen molar-refractivity contribution in [3.63, 3.8) is 0 Å². The van der Waals surface area contributed by atoms with E-state index in [4.69, 9.17) is 0 Å². The highest BCUT2D eigenvalue weighted by molar-refractivity contribution is 7.99. The van der Waals surface area contributed by atoms with E-state index in [1.165, 1.54) is 12.1 Å². The minimum Gasteiger partial charge on any atom is -0.287 e. The lowest BCUT2D eigenvalue weighted by molar-refractivity contribution is 0.627. The molecule has 0 unspecified atom stereocenters. The van der Waals surface area contributed by atoms with Crippen LogP contribution in [0.5, 0.6) is 0 Å². The van der Waals surface area contributed by atoms with E-state index in [1.807, 2.05) is 24.4 Å². The van der Waals surface area contributed by atoms with Gasteiger partial charge in [-0.1, -0.05) is 55.9 Å². The number of rotatable bonds is 4. The molecule has 0 radical (unpaired) electrons. The highest BCUT2D eigenvalue weighted by Gasteiger charge is 2.15. The molecule has 0 N–H and O–H groups in total. The van der Waals surface area contributed by atoms with Gasteiger partial charge in [-0.3, -0.25) is 4.57 Å². The van der Waals surface area contributed by atoms with Gasteiger partial charge in [0.2, 0.25) is 0 Å². The van der Waals surface area contributed by atoms with Gasteiger partial charge in [0.1, 0.15) is 5.82 Å². The monoisotopic (exact) mass is 312 g/mol. The molecule has 0 saturated carbocycles. The number of nitrogens with zero attached hydrogens (tertiary/aromatic N) is 2. The molecule has 2 aromatic carbocycles. The Bertz CT molecular complexity index is 749. The molecule has 0 saturated heterocycles. The molecule has 2 nitrogen and oxygen atoms in total. The topological polar surface area (TPSA) is 17.8 Å². The summed E-state index contributed by atoms with van der Waals surface area (Å²) in [4.78, 5) is 4.56. The average molecular weight is 312 g/mol. The van der Waals surface area contributed by atoms with Gasteiger partial charge >= 0.3 is 0 Å². The van der Waals surface area contributed by atoms with Gasteiger partial charge < -0.3 is 0 Å². The van der Waals surface area contributed by atoms with Gasteiger partial charge in [0.25, 0.3) is 0 Å². The van der Waals surface area contributed by atoms with Crippen molar-refractivity contribution >= 4 is 11.8 Å². The lowest BCUT2D eigenvalue weighted by Crippen LogP contribution is -2.01. The maximum atomic E-state index is 13.2. The second-order valence-corrected chi connectivity index (χ2v) is 6.81. The van der Waals surface area contributed by atoms with E-state index in [0.29, 0.717) is 5.25 Å². The number of hydrogen-bond acceptors (Lipinski definition) is 2. The van der Waals surface area contributed by atoms with Crippen LogP contribution in [0.4, 0.5) is 4.39 Å². The molecule has 1 aromatic heterocycles. The lowest BCUT2D eigenvalue weighted by Gasteiger charge is -2.13. The third kappa shape index (κ3) is 3.07. The van der Waals surface area contributed by atoms with E-state index in [2.05, 4.69) is 35.5 Å². The minimum absolute atomic E-state index is 0.233. The predicted octanol–water partition coefficient (Wildman–Crippen LogP) is 5.18. The van der Waals surface area contributed by atoms with E-state index >= 15 is 0 Å². The van der Waals surface area contributed by atoms with Gasteiger partial charge in [-0.15, -0.1) is 0 Å². The Morgan fingerprint density at radius 3 is 2.32 bits per heavy atom. The zero-order valence-electron chi connectivity index (χ0n) is 12.5. The van der Waals surface area contributed by atoms with Gasteiger partial charge in [0.15, 0.2) is 5.16 Å². The molecule has 3 rings (SSSR count). The molecule has 0 spiro atoms. The highest BCUT2D eigenvalue weighted by atomic mass is 32.2. The first-order chi connectivity index (χ1) is 10.6. The molecule has 0 atom stereocenters. The Morgan fingerprint density at radius 2 is 1.68 bits per heavy atom. The molecular weight excluding hydrogens is 295 g/mol. The van der Waals surface area contributed by atoms with E-state index in [1.54, 1.807) is 23.9 Å². The molecular formula is C18H17FN2S. The number of halogens is 1. The molecule has 112 valence electrons. The van der Waals surface area contributed by atoms with Crippen LogP contribution in [0.15, 0.2) is 66.0 Å². The molecule has 0 aliphatic rings. The first-order valence-electron chi connectivity index (χ1n) is 7.21. The van der Waals surface area contributed by atoms with Crippen molar-refractivity contribution in [2.24, 2.45) is 0 Å². The minimum atomic E-state index is -0.233. The summed E-state index contributed by atoms with van der Waals surface area (Å²) in [5, 5.41) is 1.34. The number of hydrogen-bond donors (Lipinski definition) is 0. The summed E-state index contributed by atoms with van der Waals surface area (Å²) in [6.45, 7) is 4.27. The van der Waals surface area contributed by atoms with Crippen LogP contribution in [0.1, 0.15) is 13.8 Å². The molecule has 0 bridgehead atoms. The van der Waals surface area contributed by atoms with Crippen LogP contribution >= 0.6 is 11.8 Å². The van der Waals surface area contributed by atoms with Gasteiger partial charge in [-0.25, -0.2) is 9.37 Å². The third-order valence-electron chi connectivity index (χ3n) is 3.22. The second-order valence-electron chi connectivity index (χ2n) is 5.27. The van der Waals surface area contributed by atoms with Gasteiger partial charge in [-0.2, -0.15) is 0 Å². The fourth-order valence-corrected chi connectivity index (χ4v) is 3.13. The Labute approximate surface area is 134 Å². The largest absolute Gasteiger partial charge is 0.287 e. The Morgan fingerprint density at radius 1 is 1.00 bits per heavy atom. The molecule has 0 fully saturated rings. The van der Waals surface area contributed by atoms with Crippen molar-refractivity contribution in [3.05, 3.63) is 66.6 Å².